The Kier molecular flexibility index (Phi) is 4.74. The topological polar surface area (TPSA) is 90.0 Å². The van der Waals surface area contributed by atoms with Gasteiger partial charge >= 0.3 is 12.0 Å². The second kappa shape index (κ2) is 5.90. The molecule has 0 aromatic carbocycles. The summed E-state index contributed by atoms with van der Waals surface area (Å²) in [6.07, 6.45) is 0.695. The third-order valence-electron chi connectivity index (χ3n) is 3.54. The number of aliphatic carboxylic acids is 1. The lowest BCUT2D eigenvalue weighted by Crippen LogP contribution is -2.43. The molecule has 7 nitrogen and oxygen atoms in total. The summed E-state index contributed by atoms with van der Waals surface area (Å²) >= 11 is 0. The molecular weight excluding hydrogens is 250 g/mol. The van der Waals surface area contributed by atoms with Crippen LogP contribution < -0.4 is 5.32 Å². The summed E-state index contributed by atoms with van der Waals surface area (Å²) in [5.41, 5.74) is -0.864. The van der Waals surface area contributed by atoms with E-state index in [0.717, 1.165) is 0 Å². The highest BCUT2D eigenvalue weighted by Crippen LogP contribution is 2.30. The van der Waals surface area contributed by atoms with Gasteiger partial charge in [-0.2, -0.15) is 0 Å². The first-order chi connectivity index (χ1) is 8.80. The molecule has 0 aromatic rings. The number of nitrogens with zero attached hydrogens (tertiary/aromatic N) is 2. The van der Waals surface area contributed by atoms with E-state index in [-0.39, 0.29) is 24.9 Å². The van der Waals surface area contributed by atoms with E-state index in [2.05, 4.69) is 5.32 Å². The fourth-order valence-corrected chi connectivity index (χ4v) is 2.03. The van der Waals surface area contributed by atoms with Crippen molar-refractivity contribution in [2.24, 2.45) is 5.41 Å². The predicted molar refractivity (Wildman–Crippen MR) is 68.6 cm³/mol. The van der Waals surface area contributed by atoms with Gasteiger partial charge in [0, 0.05) is 40.2 Å². The van der Waals surface area contributed by atoms with Crippen molar-refractivity contribution in [3.05, 3.63) is 0 Å². The van der Waals surface area contributed by atoms with Crippen molar-refractivity contribution in [1.82, 2.24) is 15.1 Å². The first-order valence-corrected chi connectivity index (χ1v) is 6.24. The SMILES string of the molecule is CNC(=O)CCN(C)C(=O)N1CCC(C)(C(=O)O)C1. The molecule has 3 amide bonds. The molecule has 1 saturated heterocycles. The minimum absolute atomic E-state index is 0.128. The molecule has 1 rings (SSSR count). The van der Waals surface area contributed by atoms with Gasteiger partial charge in [-0.05, 0) is 13.3 Å². The maximum atomic E-state index is 12.1. The molecule has 0 aromatic heterocycles. The third-order valence-corrected chi connectivity index (χ3v) is 3.54. The van der Waals surface area contributed by atoms with Crippen LogP contribution in [-0.4, -0.2) is 66.5 Å². The van der Waals surface area contributed by atoms with Gasteiger partial charge in [-0.15, -0.1) is 0 Å². The third kappa shape index (κ3) is 3.59. The maximum Gasteiger partial charge on any atom is 0.319 e. The van der Waals surface area contributed by atoms with E-state index in [1.54, 1.807) is 21.0 Å². The van der Waals surface area contributed by atoms with E-state index in [1.807, 2.05) is 0 Å². The smallest absolute Gasteiger partial charge is 0.319 e. The van der Waals surface area contributed by atoms with Gasteiger partial charge < -0.3 is 20.2 Å². The molecule has 7 heteroatoms. The number of urea groups is 1. The van der Waals surface area contributed by atoms with E-state index in [0.29, 0.717) is 19.5 Å². The Hall–Kier alpha value is -1.79. The number of rotatable bonds is 4. The molecule has 2 N–H and O–H groups in total. The standard InChI is InChI=1S/C12H21N3O4/c1-12(10(17)18)5-7-15(8-12)11(19)14(3)6-4-9(16)13-2/h4-8H2,1-3H3,(H,13,16)(H,17,18). The van der Waals surface area contributed by atoms with Crippen LogP contribution in [-0.2, 0) is 9.59 Å². The first kappa shape index (κ1) is 15.3. The second-order valence-electron chi connectivity index (χ2n) is 5.16. The summed E-state index contributed by atoms with van der Waals surface area (Å²) in [5, 5.41) is 11.6. The van der Waals surface area contributed by atoms with Crippen LogP contribution in [0.4, 0.5) is 4.79 Å². The van der Waals surface area contributed by atoms with E-state index >= 15 is 0 Å². The Bertz CT molecular complexity index is 385. The summed E-state index contributed by atoms with van der Waals surface area (Å²) in [4.78, 5) is 37.3. The zero-order valence-corrected chi connectivity index (χ0v) is 11.6. The van der Waals surface area contributed by atoms with Gasteiger partial charge in [0.05, 0.1) is 5.41 Å². The summed E-state index contributed by atoms with van der Waals surface area (Å²) in [7, 11) is 3.16. The molecule has 1 atom stereocenters. The zero-order valence-electron chi connectivity index (χ0n) is 11.6. The molecule has 0 radical (unpaired) electrons. The molecule has 0 spiro atoms. The Labute approximate surface area is 112 Å². The fourth-order valence-electron chi connectivity index (χ4n) is 2.03. The molecule has 19 heavy (non-hydrogen) atoms. The van der Waals surface area contributed by atoms with Crippen LogP contribution in [0.15, 0.2) is 0 Å². The highest BCUT2D eigenvalue weighted by molar-refractivity contribution is 5.80. The summed E-state index contributed by atoms with van der Waals surface area (Å²) in [6, 6.07) is -0.228. The number of hydrogen-bond donors (Lipinski definition) is 2. The molecule has 1 unspecified atom stereocenters. The summed E-state index contributed by atoms with van der Waals surface area (Å²) in [5.74, 6) is -1.01. The monoisotopic (exact) mass is 271 g/mol. The highest BCUT2D eigenvalue weighted by atomic mass is 16.4. The number of carboxylic acids is 1. The Morgan fingerprint density at radius 2 is 2.05 bits per heavy atom. The van der Waals surface area contributed by atoms with E-state index in [1.165, 1.54) is 9.80 Å². The van der Waals surface area contributed by atoms with Crippen molar-refractivity contribution in [1.29, 1.82) is 0 Å². The molecule has 0 bridgehead atoms. The van der Waals surface area contributed by atoms with E-state index in [4.69, 9.17) is 5.11 Å². The normalized spacial score (nSPS) is 22.2. The van der Waals surface area contributed by atoms with Crippen LogP contribution in [0.3, 0.4) is 0 Å². The largest absolute Gasteiger partial charge is 0.481 e. The Balaban J connectivity index is 2.51. The van der Waals surface area contributed by atoms with Crippen molar-refractivity contribution in [2.45, 2.75) is 19.8 Å². The quantitative estimate of drug-likeness (QED) is 0.751. The van der Waals surface area contributed by atoms with Gasteiger partial charge in [-0.25, -0.2) is 4.79 Å². The van der Waals surface area contributed by atoms with Gasteiger partial charge in [0.25, 0.3) is 0 Å². The molecule has 1 aliphatic rings. The lowest BCUT2D eigenvalue weighted by molar-refractivity contribution is -0.147. The minimum atomic E-state index is -0.879. The molecule has 1 aliphatic heterocycles. The van der Waals surface area contributed by atoms with Gasteiger partial charge in [0.2, 0.25) is 5.91 Å². The van der Waals surface area contributed by atoms with Crippen LogP contribution in [0.5, 0.6) is 0 Å². The van der Waals surface area contributed by atoms with Gasteiger partial charge in [0.1, 0.15) is 0 Å². The van der Waals surface area contributed by atoms with Crippen molar-refractivity contribution in [3.8, 4) is 0 Å². The van der Waals surface area contributed by atoms with Crippen LogP contribution in [0.25, 0.3) is 0 Å². The Morgan fingerprint density at radius 3 is 2.53 bits per heavy atom. The molecular formula is C12H21N3O4. The average Bonchev–Trinajstić information content (AvgIpc) is 2.78. The summed E-state index contributed by atoms with van der Waals surface area (Å²) in [6.45, 7) is 2.61. The first-order valence-electron chi connectivity index (χ1n) is 6.24. The molecule has 1 heterocycles. The predicted octanol–water partition coefficient (Wildman–Crippen LogP) is -0.0291. The van der Waals surface area contributed by atoms with E-state index in [9.17, 15) is 14.4 Å². The fraction of sp³-hybridized carbons (Fsp3) is 0.750. The van der Waals surface area contributed by atoms with Gasteiger partial charge in [-0.3, -0.25) is 9.59 Å². The van der Waals surface area contributed by atoms with Crippen LogP contribution in [0, 0.1) is 5.41 Å². The minimum Gasteiger partial charge on any atom is -0.481 e. The van der Waals surface area contributed by atoms with Crippen LogP contribution in [0.2, 0.25) is 0 Å². The van der Waals surface area contributed by atoms with Crippen molar-refractivity contribution in [2.75, 3.05) is 33.7 Å². The van der Waals surface area contributed by atoms with Gasteiger partial charge in [0.15, 0.2) is 0 Å². The van der Waals surface area contributed by atoms with Crippen LogP contribution >= 0.6 is 0 Å². The molecule has 0 saturated carbocycles. The van der Waals surface area contributed by atoms with Crippen molar-refractivity contribution < 1.29 is 19.5 Å². The zero-order chi connectivity index (χ0) is 14.6. The number of nitrogens with one attached hydrogen (secondary N) is 1. The highest BCUT2D eigenvalue weighted by Gasteiger charge is 2.42. The number of amides is 3. The number of carboxylic acid groups (broad SMARTS) is 1. The number of hydrogen-bond acceptors (Lipinski definition) is 3. The number of likely N-dealkylation sites (tertiary alicyclic amines) is 1. The Morgan fingerprint density at radius 1 is 1.42 bits per heavy atom. The lowest BCUT2D eigenvalue weighted by atomic mass is 9.90. The molecule has 1 fully saturated rings. The number of carbonyl (C=O) groups excluding carboxylic acids is 2. The number of carbonyl (C=O) groups is 3. The van der Waals surface area contributed by atoms with Crippen molar-refractivity contribution in [3.63, 3.8) is 0 Å². The lowest BCUT2D eigenvalue weighted by Gasteiger charge is -2.25. The maximum absolute atomic E-state index is 12.1. The van der Waals surface area contributed by atoms with Gasteiger partial charge in [-0.1, -0.05) is 0 Å². The van der Waals surface area contributed by atoms with E-state index < -0.39 is 11.4 Å². The summed E-state index contributed by atoms with van der Waals surface area (Å²) < 4.78 is 0. The van der Waals surface area contributed by atoms with Crippen LogP contribution in [0.1, 0.15) is 19.8 Å². The molecule has 108 valence electrons. The molecule has 0 aliphatic carbocycles. The average molecular weight is 271 g/mol. The van der Waals surface area contributed by atoms with Crippen molar-refractivity contribution >= 4 is 17.9 Å². The second-order valence-corrected chi connectivity index (χ2v) is 5.16.